The van der Waals surface area contributed by atoms with Gasteiger partial charge in [0.15, 0.2) is 11.7 Å². The van der Waals surface area contributed by atoms with Crippen molar-refractivity contribution in [1.29, 1.82) is 0 Å². The number of carboxylic acids is 1. The molecule has 0 spiro atoms. The molecule has 140 valence electrons. The van der Waals surface area contributed by atoms with Gasteiger partial charge >= 0.3 is 5.97 Å². The molecule has 0 aliphatic carbocycles. The maximum absolute atomic E-state index is 12.5. The summed E-state index contributed by atoms with van der Waals surface area (Å²) in [6, 6.07) is 7.88. The van der Waals surface area contributed by atoms with E-state index >= 15 is 0 Å². The van der Waals surface area contributed by atoms with E-state index in [0.717, 1.165) is 5.56 Å². The van der Waals surface area contributed by atoms with Crippen LogP contribution in [0.3, 0.4) is 0 Å². The number of hydrogen-bond donors (Lipinski definition) is 2. The van der Waals surface area contributed by atoms with E-state index in [4.69, 9.17) is 5.11 Å². The lowest BCUT2D eigenvalue weighted by atomic mass is 9.86. The third-order valence-electron chi connectivity index (χ3n) is 4.38. The number of aliphatic carboxylic acids is 1. The lowest BCUT2D eigenvalue weighted by molar-refractivity contribution is -0.152. The summed E-state index contributed by atoms with van der Waals surface area (Å²) in [6.07, 6.45) is 0.0803. The Morgan fingerprint density at radius 2 is 1.81 bits per heavy atom. The number of carbonyl (C=O) groups is 4. The number of piperidine rings is 1. The Labute approximate surface area is 152 Å². The van der Waals surface area contributed by atoms with Crippen molar-refractivity contribution >= 4 is 23.6 Å². The number of amides is 2. The normalized spacial score (nSPS) is 18.0. The maximum atomic E-state index is 12.5. The highest BCUT2D eigenvalue weighted by atomic mass is 16.4. The molecule has 0 aromatic heterocycles. The Balaban J connectivity index is 2.08. The molecule has 1 saturated heterocycles. The van der Waals surface area contributed by atoms with Crippen LogP contribution in [0.4, 0.5) is 0 Å². The molecule has 1 aromatic carbocycles. The Morgan fingerprint density at radius 1 is 1.19 bits per heavy atom. The predicted octanol–water partition coefficient (Wildman–Crippen LogP) is 1.10. The number of nitrogens with one attached hydrogen (secondary N) is 1. The Hall–Kier alpha value is -2.70. The van der Waals surface area contributed by atoms with Crippen LogP contribution in [0.25, 0.3) is 0 Å². The number of likely N-dealkylation sites (tertiary alicyclic amines) is 1. The van der Waals surface area contributed by atoms with Crippen molar-refractivity contribution in [2.75, 3.05) is 13.1 Å². The van der Waals surface area contributed by atoms with E-state index in [-0.39, 0.29) is 18.4 Å². The minimum absolute atomic E-state index is 0.0270. The molecule has 7 heteroatoms. The molecule has 1 aliphatic rings. The average molecular weight is 360 g/mol. The lowest BCUT2D eigenvalue weighted by Gasteiger charge is -2.31. The Bertz CT molecular complexity index is 718. The Morgan fingerprint density at radius 3 is 2.35 bits per heavy atom. The van der Waals surface area contributed by atoms with Gasteiger partial charge in [-0.25, -0.2) is 0 Å². The van der Waals surface area contributed by atoms with Gasteiger partial charge in [-0.1, -0.05) is 45.0 Å². The first kappa shape index (κ1) is 19.6. The molecule has 1 unspecified atom stereocenters. The van der Waals surface area contributed by atoms with Crippen molar-refractivity contribution in [3.63, 3.8) is 0 Å². The summed E-state index contributed by atoms with van der Waals surface area (Å²) in [4.78, 5) is 48.6. The maximum Gasteiger partial charge on any atom is 0.322 e. The van der Waals surface area contributed by atoms with E-state index in [1.165, 1.54) is 10.5 Å². The van der Waals surface area contributed by atoms with E-state index in [1.54, 1.807) is 0 Å². The molecular weight excluding hydrogens is 336 g/mol. The topological polar surface area (TPSA) is 104 Å². The molecule has 1 heterocycles. The van der Waals surface area contributed by atoms with Crippen LogP contribution in [0.2, 0.25) is 0 Å². The van der Waals surface area contributed by atoms with Crippen LogP contribution in [0.15, 0.2) is 24.3 Å². The zero-order valence-corrected chi connectivity index (χ0v) is 15.2. The molecule has 0 saturated carbocycles. The number of hydrogen-bond acceptors (Lipinski definition) is 4. The number of ketones is 1. The summed E-state index contributed by atoms with van der Waals surface area (Å²) in [5.74, 6) is -4.60. The molecule has 2 amide bonds. The quantitative estimate of drug-likeness (QED) is 0.766. The van der Waals surface area contributed by atoms with Gasteiger partial charge in [-0.15, -0.1) is 0 Å². The summed E-state index contributed by atoms with van der Waals surface area (Å²) >= 11 is 0. The van der Waals surface area contributed by atoms with Crippen molar-refractivity contribution in [3.8, 4) is 0 Å². The molecule has 1 aliphatic heterocycles. The summed E-state index contributed by atoms with van der Waals surface area (Å²) in [6.45, 7) is 6.27. The first-order valence-electron chi connectivity index (χ1n) is 8.50. The third-order valence-corrected chi connectivity index (χ3v) is 4.38. The summed E-state index contributed by atoms with van der Waals surface area (Å²) in [5.41, 5.74) is 2.11. The molecule has 1 aromatic rings. The van der Waals surface area contributed by atoms with Crippen LogP contribution in [0.1, 0.15) is 38.3 Å². The predicted molar refractivity (Wildman–Crippen MR) is 94.3 cm³/mol. The number of rotatable bonds is 5. The second kappa shape index (κ2) is 7.68. The highest BCUT2D eigenvalue weighted by Crippen LogP contribution is 2.23. The first-order chi connectivity index (χ1) is 12.1. The van der Waals surface area contributed by atoms with Crippen LogP contribution in [0, 0.1) is 5.92 Å². The fourth-order valence-electron chi connectivity index (χ4n) is 2.83. The lowest BCUT2D eigenvalue weighted by Crippen LogP contribution is -2.52. The third kappa shape index (κ3) is 4.68. The summed E-state index contributed by atoms with van der Waals surface area (Å²) in [7, 11) is 0. The number of benzene rings is 1. The van der Waals surface area contributed by atoms with Crippen LogP contribution in [-0.2, 0) is 31.1 Å². The smallest absolute Gasteiger partial charge is 0.322 e. The summed E-state index contributed by atoms with van der Waals surface area (Å²) in [5, 5.41) is 10.7. The SMILES string of the molecule is CC(C)(C)c1ccc(CN2CCC(=O)C(C(=O)NCC(=O)O)C2=O)cc1. The van der Waals surface area contributed by atoms with Crippen molar-refractivity contribution in [3.05, 3.63) is 35.4 Å². The van der Waals surface area contributed by atoms with Crippen molar-refractivity contribution in [2.24, 2.45) is 5.92 Å². The van der Waals surface area contributed by atoms with Gasteiger partial charge in [0.25, 0.3) is 0 Å². The van der Waals surface area contributed by atoms with E-state index < -0.39 is 36.0 Å². The fourth-order valence-corrected chi connectivity index (χ4v) is 2.83. The van der Waals surface area contributed by atoms with Crippen LogP contribution >= 0.6 is 0 Å². The second-order valence-electron chi connectivity index (χ2n) is 7.47. The van der Waals surface area contributed by atoms with Gasteiger partial charge in [0.1, 0.15) is 6.54 Å². The van der Waals surface area contributed by atoms with Crippen molar-refractivity contribution in [2.45, 2.75) is 39.2 Å². The van der Waals surface area contributed by atoms with Gasteiger partial charge in [-0.2, -0.15) is 0 Å². The van der Waals surface area contributed by atoms with Crippen LogP contribution in [0.5, 0.6) is 0 Å². The van der Waals surface area contributed by atoms with E-state index in [2.05, 4.69) is 26.1 Å². The number of carboxylic acid groups (broad SMARTS) is 1. The molecule has 0 radical (unpaired) electrons. The van der Waals surface area contributed by atoms with Gasteiger partial charge in [-0.3, -0.25) is 19.2 Å². The molecule has 1 fully saturated rings. The van der Waals surface area contributed by atoms with Gasteiger partial charge in [-0.05, 0) is 16.5 Å². The molecular formula is C19H24N2O5. The monoisotopic (exact) mass is 360 g/mol. The van der Waals surface area contributed by atoms with Crippen molar-refractivity contribution < 1.29 is 24.3 Å². The fraction of sp³-hybridized carbons (Fsp3) is 0.474. The summed E-state index contributed by atoms with van der Waals surface area (Å²) < 4.78 is 0. The average Bonchev–Trinajstić information content (AvgIpc) is 2.55. The molecule has 2 N–H and O–H groups in total. The zero-order valence-electron chi connectivity index (χ0n) is 15.2. The number of nitrogens with zero attached hydrogens (tertiary/aromatic N) is 1. The molecule has 1 atom stereocenters. The second-order valence-corrected chi connectivity index (χ2v) is 7.47. The van der Waals surface area contributed by atoms with E-state index in [0.29, 0.717) is 6.54 Å². The Kier molecular flexibility index (Phi) is 5.79. The van der Waals surface area contributed by atoms with E-state index in [1.807, 2.05) is 24.3 Å². The highest BCUT2D eigenvalue weighted by molar-refractivity contribution is 6.19. The van der Waals surface area contributed by atoms with Gasteiger partial charge < -0.3 is 15.3 Å². The minimum Gasteiger partial charge on any atom is -0.480 e. The van der Waals surface area contributed by atoms with Crippen LogP contribution in [-0.4, -0.2) is 46.7 Å². The minimum atomic E-state index is -1.46. The van der Waals surface area contributed by atoms with E-state index in [9.17, 15) is 19.2 Å². The molecule has 7 nitrogen and oxygen atoms in total. The first-order valence-corrected chi connectivity index (χ1v) is 8.50. The molecule has 26 heavy (non-hydrogen) atoms. The zero-order chi connectivity index (χ0) is 19.5. The van der Waals surface area contributed by atoms with Gasteiger partial charge in [0.2, 0.25) is 11.8 Å². The van der Waals surface area contributed by atoms with Gasteiger partial charge in [0, 0.05) is 19.5 Å². The van der Waals surface area contributed by atoms with Crippen molar-refractivity contribution in [1.82, 2.24) is 10.2 Å². The standard InChI is InChI=1S/C19H24N2O5/c1-19(2,3)13-6-4-12(5-7-13)11-21-9-8-14(22)16(18(21)26)17(25)20-10-15(23)24/h4-7,16H,8-11H2,1-3H3,(H,20,25)(H,23,24). The largest absolute Gasteiger partial charge is 0.480 e. The number of carbonyl (C=O) groups excluding carboxylic acids is 3. The molecule has 0 bridgehead atoms. The molecule has 2 rings (SSSR count). The highest BCUT2D eigenvalue weighted by Gasteiger charge is 2.40. The van der Waals surface area contributed by atoms with Gasteiger partial charge in [0.05, 0.1) is 0 Å². The number of Topliss-reactive ketones (excluding diaryl/α,β-unsaturated/α-hetero) is 1. The van der Waals surface area contributed by atoms with Crippen LogP contribution < -0.4 is 5.32 Å².